The molecule has 1 heterocycles. The van der Waals surface area contributed by atoms with E-state index >= 15 is 0 Å². The Kier molecular flexibility index (Phi) is 5.12. The van der Waals surface area contributed by atoms with Crippen LogP contribution in [0.2, 0.25) is 0 Å². The van der Waals surface area contributed by atoms with Gasteiger partial charge in [0.25, 0.3) is 0 Å². The zero-order valence-corrected chi connectivity index (χ0v) is 10.6. The van der Waals surface area contributed by atoms with E-state index < -0.39 is 0 Å². The van der Waals surface area contributed by atoms with Crippen LogP contribution in [-0.4, -0.2) is 18.4 Å². The molecule has 0 bridgehead atoms. The summed E-state index contributed by atoms with van der Waals surface area (Å²) < 4.78 is 0. The molecule has 0 spiro atoms. The van der Waals surface area contributed by atoms with Gasteiger partial charge in [-0.3, -0.25) is 0 Å². The van der Waals surface area contributed by atoms with Crippen LogP contribution in [0.5, 0.6) is 0 Å². The van der Waals surface area contributed by atoms with Gasteiger partial charge in [-0.15, -0.1) is 8.58 Å². The molecule has 1 nitrogen and oxygen atoms in total. The highest BCUT2D eigenvalue weighted by Gasteiger charge is 2.23. The van der Waals surface area contributed by atoms with Gasteiger partial charge in [0.1, 0.15) is 0 Å². The lowest BCUT2D eigenvalue weighted by Crippen LogP contribution is -2.33. The van der Waals surface area contributed by atoms with Gasteiger partial charge >= 0.3 is 0 Å². The van der Waals surface area contributed by atoms with Crippen LogP contribution >= 0.6 is 8.58 Å². The fourth-order valence-electron chi connectivity index (χ4n) is 2.14. The van der Waals surface area contributed by atoms with Crippen molar-refractivity contribution in [3.63, 3.8) is 0 Å². The Morgan fingerprint density at radius 2 is 2.07 bits per heavy atom. The Bertz CT molecular complexity index is 189. The van der Waals surface area contributed by atoms with Crippen molar-refractivity contribution < 1.29 is 0 Å². The van der Waals surface area contributed by atoms with E-state index in [-0.39, 0.29) is 0 Å². The van der Waals surface area contributed by atoms with Crippen molar-refractivity contribution in [1.82, 2.24) is 0 Å². The SMILES string of the molecule is C=C(C(C)C)C1CCCPCCC1N. The highest BCUT2D eigenvalue weighted by Crippen LogP contribution is 2.31. The van der Waals surface area contributed by atoms with E-state index in [9.17, 15) is 0 Å². The van der Waals surface area contributed by atoms with Crippen LogP contribution in [-0.2, 0) is 0 Å². The molecule has 2 heteroatoms. The van der Waals surface area contributed by atoms with Crippen molar-refractivity contribution in [3.8, 4) is 0 Å². The van der Waals surface area contributed by atoms with Gasteiger partial charge < -0.3 is 5.73 Å². The van der Waals surface area contributed by atoms with Crippen molar-refractivity contribution in [2.75, 3.05) is 12.3 Å². The van der Waals surface area contributed by atoms with Crippen molar-refractivity contribution in [2.45, 2.75) is 39.2 Å². The zero-order chi connectivity index (χ0) is 10.6. The summed E-state index contributed by atoms with van der Waals surface area (Å²) in [4.78, 5) is 0. The van der Waals surface area contributed by atoms with Gasteiger partial charge in [0.15, 0.2) is 0 Å². The number of hydrogen-bond donors (Lipinski definition) is 1. The van der Waals surface area contributed by atoms with Gasteiger partial charge in [0.2, 0.25) is 0 Å². The molecule has 1 rings (SSSR count). The standard InChI is InChI=1S/C12H24NP/c1-9(2)10(3)11-5-4-7-14-8-6-12(11)13/h9,11-12,14H,3-8,13H2,1-2H3. The maximum Gasteiger partial charge on any atom is 0.0108 e. The number of hydrogen-bond acceptors (Lipinski definition) is 1. The topological polar surface area (TPSA) is 26.0 Å². The Morgan fingerprint density at radius 3 is 2.71 bits per heavy atom. The summed E-state index contributed by atoms with van der Waals surface area (Å²) in [7, 11) is 1.14. The lowest BCUT2D eigenvalue weighted by molar-refractivity contribution is 0.405. The highest BCUT2D eigenvalue weighted by molar-refractivity contribution is 7.37. The molecule has 3 atom stereocenters. The van der Waals surface area contributed by atoms with Crippen molar-refractivity contribution in [1.29, 1.82) is 0 Å². The van der Waals surface area contributed by atoms with Crippen LogP contribution in [0.15, 0.2) is 12.2 Å². The second-order valence-electron chi connectivity index (χ2n) is 4.68. The first-order valence-electron chi connectivity index (χ1n) is 5.78. The summed E-state index contributed by atoms with van der Waals surface area (Å²) in [6.07, 6.45) is 6.57. The lowest BCUT2D eigenvalue weighted by Gasteiger charge is -2.29. The molecule has 0 aromatic carbocycles. The molecule has 14 heavy (non-hydrogen) atoms. The fraction of sp³-hybridized carbons (Fsp3) is 0.833. The molecule has 3 unspecified atom stereocenters. The summed E-state index contributed by atoms with van der Waals surface area (Å²) in [5.74, 6) is 1.17. The molecule has 1 saturated heterocycles. The van der Waals surface area contributed by atoms with Crippen LogP contribution in [0, 0.1) is 11.8 Å². The predicted octanol–water partition coefficient (Wildman–Crippen LogP) is 3.00. The fourth-order valence-corrected chi connectivity index (χ4v) is 3.39. The van der Waals surface area contributed by atoms with Crippen molar-refractivity contribution in [2.24, 2.45) is 17.6 Å². The molecule has 0 aromatic heterocycles. The molecule has 0 aromatic rings. The second kappa shape index (κ2) is 5.88. The largest absolute Gasteiger partial charge is 0.327 e. The van der Waals surface area contributed by atoms with Crippen LogP contribution in [0.25, 0.3) is 0 Å². The molecule has 0 saturated carbocycles. The van der Waals surface area contributed by atoms with Gasteiger partial charge in [0, 0.05) is 6.04 Å². The Labute approximate surface area is 90.3 Å². The van der Waals surface area contributed by atoms with E-state index in [1.807, 2.05) is 0 Å². The minimum atomic E-state index is 0.373. The quantitative estimate of drug-likeness (QED) is 0.554. The summed E-state index contributed by atoms with van der Waals surface area (Å²) in [5.41, 5.74) is 7.61. The van der Waals surface area contributed by atoms with Crippen LogP contribution < -0.4 is 5.73 Å². The zero-order valence-electron chi connectivity index (χ0n) is 9.55. The average molecular weight is 213 g/mol. The molecular formula is C12H24NP. The Morgan fingerprint density at radius 1 is 1.36 bits per heavy atom. The first kappa shape index (κ1) is 12.2. The lowest BCUT2D eigenvalue weighted by atomic mass is 9.82. The number of nitrogens with two attached hydrogens (primary N) is 1. The smallest absolute Gasteiger partial charge is 0.0108 e. The first-order chi connectivity index (χ1) is 6.63. The summed E-state index contributed by atoms with van der Waals surface area (Å²) in [6.45, 7) is 8.69. The minimum absolute atomic E-state index is 0.373. The van der Waals surface area contributed by atoms with Gasteiger partial charge in [-0.25, -0.2) is 0 Å². The molecule has 0 radical (unpaired) electrons. The Hall–Kier alpha value is 0.130. The van der Waals surface area contributed by atoms with Crippen LogP contribution in [0.1, 0.15) is 33.1 Å². The maximum atomic E-state index is 6.23. The second-order valence-corrected chi connectivity index (χ2v) is 6.18. The third kappa shape index (κ3) is 3.37. The van der Waals surface area contributed by atoms with Gasteiger partial charge in [0.05, 0.1) is 0 Å². The summed E-state index contributed by atoms with van der Waals surface area (Å²) >= 11 is 0. The monoisotopic (exact) mass is 213 g/mol. The molecule has 0 aliphatic carbocycles. The number of rotatable bonds is 2. The normalized spacial score (nSPS) is 31.4. The molecule has 1 aliphatic rings. The molecule has 2 N–H and O–H groups in total. The maximum absolute atomic E-state index is 6.23. The van der Waals surface area contributed by atoms with Crippen molar-refractivity contribution >= 4 is 8.58 Å². The third-order valence-corrected chi connectivity index (χ3v) is 4.61. The van der Waals surface area contributed by atoms with E-state index in [0.29, 0.717) is 17.9 Å². The van der Waals surface area contributed by atoms with E-state index in [1.54, 1.807) is 0 Å². The first-order valence-corrected chi connectivity index (χ1v) is 7.19. The summed E-state index contributed by atoms with van der Waals surface area (Å²) in [5, 5.41) is 0. The molecule has 1 fully saturated rings. The minimum Gasteiger partial charge on any atom is -0.327 e. The Balaban J connectivity index is 2.57. The van der Waals surface area contributed by atoms with Gasteiger partial charge in [-0.2, -0.15) is 0 Å². The van der Waals surface area contributed by atoms with E-state index in [4.69, 9.17) is 5.73 Å². The summed E-state index contributed by atoms with van der Waals surface area (Å²) in [6, 6.07) is 0.373. The van der Waals surface area contributed by atoms with Crippen molar-refractivity contribution in [3.05, 3.63) is 12.2 Å². The predicted molar refractivity (Wildman–Crippen MR) is 67.3 cm³/mol. The van der Waals surface area contributed by atoms with Gasteiger partial charge in [-0.05, 0) is 43.4 Å². The molecule has 1 aliphatic heterocycles. The average Bonchev–Trinajstić information content (AvgIpc) is 2.11. The highest BCUT2D eigenvalue weighted by atomic mass is 31.1. The van der Waals surface area contributed by atoms with Crippen LogP contribution in [0.4, 0.5) is 0 Å². The molecule has 0 amide bonds. The van der Waals surface area contributed by atoms with E-state index in [2.05, 4.69) is 20.4 Å². The van der Waals surface area contributed by atoms with E-state index in [0.717, 1.165) is 8.58 Å². The molecule has 82 valence electrons. The van der Waals surface area contributed by atoms with E-state index in [1.165, 1.54) is 37.2 Å². The van der Waals surface area contributed by atoms with Gasteiger partial charge in [-0.1, -0.05) is 26.0 Å². The third-order valence-electron chi connectivity index (χ3n) is 3.26. The molecular weight excluding hydrogens is 189 g/mol. The van der Waals surface area contributed by atoms with Crippen LogP contribution in [0.3, 0.4) is 0 Å².